The van der Waals surface area contributed by atoms with Gasteiger partial charge in [-0.3, -0.25) is 4.72 Å². The van der Waals surface area contributed by atoms with E-state index in [2.05, 4.69) is 80.1 Å². The molecule has 0 bridgehead atoms. The lowest BCUT2D eigenvalue weighted by Crippen LogP contribution is -2.68. The molecule has 0 unspecified atom stereocenters. The maximum absolute atomic E-state index is 12.8. The van der Waals surface area contributed by atoms with Crippen molar-refractivity contribution in [3.63, 3.8) is 0 Å². The van der Waals surface area contributed by atoms with Gasteiger partial charge in [-0.2, -0.15) is 4.57 Å². The van der Waals surface area contributed by atoms with Crippen LogP contribution in [0.4, 0.5) is 5.13 Å². The average Bonchev–Trinajstić information content (AvgIpc) is 3.19. The first-order valence-electron chi connectivity index (χ1n) is 11.1. The Balaban J connectivity index is 0.000000976. The Labute approximate surface area is 233 Å². The number of primary sulfonamides is 1. The van der Waals surface area contributed by atoms with Crippen LogP contribution in [-0.2, 0) is 30.9 Å². The monoisotopic (exact) mass is 623 g/mol. The van der Waals surface area contributed by atoms with Crippen LogP contribution in [0.1, 0.15) is 58.5 Å². The summed E-state index contributed by atoms with van der Waals surface area (Å²) in [6, 6.07) is 10.8. The highest BCUT2D eigenvalue weighted by Crippen LogP contribution is 2.28. The molecule has 0 amide bonds. The van der Waals surface area contributed by atoms with Gasteiger partial charge in [-0.25, -0.2) is 40.6 Å². The molecule has 3 rings (SSSR count). The van der Waals surface area contributed by atoms with Crippen molar-refractivity contribution in [2.75, 3.05) is 4.72 Å². The Kier molecular flexibility index (Phi) is 9.54. The molecule has 2 aromatic heterocycles. The number of nitrogens with one attached hydrogen (secondary N) is 1. The third kappa shape index (κ3) is 9.40. The van der Waals surface area contributed by atoms with E-state index in [0.29, 0.717) is 11.3 Å². The van der Waals surface area contributed by atoms with Crippen molar-refractivity contribution in [3.05, 3.63) is 53.3 Å². The molecule has 0 fully saturated rings. The Bertz CT molecular complexity index is 1500. The van der Waals surface area contributed by atoms with Crippen LogP contribution in [0.15, 0.2) is 45.6 Å². The molecule has 2 heterocycles. The predicted molar refractivity (Wildman–Crippen MR) is 132 cm³/mol. The van der Waals surface area contributed by atoms with Crippen molar-refractivity contribution in [2.45, 2.75) is 68.5 Å². The number of rotatable bonds is 5. The minimum atomic E-state index is -4.94. The maximum atomic E-state index is 12.8. The predicted octanol–water partition coefficient (Wildman–Crippen LogP) is -1.59. The Morgan fingerprint density at radius 3 is 1.67 bits per heavy atom. The Hall–Kier alpha value is -2.28. The lowest BCUT2D eigenvalue weighted by Gasteiger charge is -2.24. The molecule has 3 N–H and O–H groups in total. The molecule has 1 aromatic carbocycles. The molecular weight excluding hydrogens is 594 g/mol. The van der Waals surface area contributed by atoms with Crippen molar-refractivity contribution in [2.24, 2.45) is 5.14 Å². The molecule has 17 heteroatoms. The second-order valence-corrected chi connectivity index (χ2v) is 15.7. The number of aromatic nitrogens is 3. The number of halogens is 1. The maximum Gasteiger partial charge on any atom is 0.267 e. The third-order valence-electron chi connectivity index (χ3n) is 5.02. The number of pyridine rings is 1. The molecule has 13 nitrogen and oxygen atoms in total. The van der Waals surface area contributed by atoms with Crippen LogP contribution in [0.2, 0.25) is 0 Å². The largest absolute Gasteiger partial charge is 0.267 e. The van der Waals surface area contributed by atoms with Crippen LogP contribution in [0.5, 0.6) is 0 Å². The summed E-state index contributed by atoms with van der Waals surface area (Å²) in [6.45, 7) is 14.9. The zero-order chi connectivity index (χ0) is 30.2. The van der Waals surface area contributed by atoms with Crippen LogP contribution >= 0.6 is 11.3 Å². The third-order valence-corrected chi connectivity index (χ3v) is 8.66. The molecular formula is C22H30ClN5O8S3. The molecule has 0 aliphatic heterocycles. The number of hydrogen-bond acceptors (Lipinski definition) is 11. The molecule has 39 heavy (non-hydrogen) atoms. The quantitative estimate of drug-likeness (QED) is 0.309. The molecule has 0 aliphatic carbocycles. The standard InChI is InChI=1S/C22H30N5O4S3.ClHO4/c1-14-12-17(21(2,3)4)27(18(13-14)22(5,6)7)15-8-10-16(11-9-15)34(30,31)26-19-24-25-20(32-19)33(23,28)29;2-1(3,4)5/h8-13H,1-7H3,(H,24,26)(H2,23,28,29);(H,2,3,4,5)/q+1;/p-1. The fourth-order valence-corrected chi connectivity index (χ4v) is 5.99. The molecule has 0 saturated carbocycles. The fourth-order valence-electron chi connectivity index (χ4n) is 3.43. The van der Waals surface area contributed by atoms with Gasteiger partial charge in [-0.15, -0.1) is 20.4 Å². The van der Waals surface area contributed by atoms with Gasteiger partial charge in [0, 0.05) is 35.1 Å². The van der Waals surface area contributed by atoms with Gasteiger partial charge in [0.25, 0.3) is 20.0 Å². The summed E-state index contributed by atoms with van der Waals surface area (Å²) >= 11 is 0.542. The highest BCUT2D eigenvalue weighted by atomic mass is 35.7. The van der Waals surface area contributed by atoms with Gasteiger partial charge in [0.15, 0.2) is 11.4 Å². The van der Waals surface area contributed by atoms with Crippen molar-refractivity contribution >= 4 is 36.5 Å². The minimum absolute atomic E-state index is 0.00550. The highest BCUT2D eigenvalue weighted by molar-refractivity contribution is 7.93. The zero-order valence-corrected chi connectivity index (χ0v) is 25.5. The smallest absolute Gasteiger partial charge is 0.253 e. The van der Waals surface area contributed by atoms with E-state index < -0.39 is 34.6 Å². The van der Waals surface area contributed by atoms with Gasteiger partial charge in [-0.1, -0.05) is 52.9 Å². The number of sulfonamides is 2. The molecule has 0 spiro atoms. The summed E-state index contributed by atoms with van der Waals surface area (Å²) in [7, 11) is -13.0. The highest BCUT2D eigenvalue weighted by Gasteiger charge is 2.35. The summed E-state index contributed by atoms with van der Waals surface area (Å²) in [4.78, 5) is 0.00550. The number of nitrogens with two attached hydrogens (primary N) is 1. The van der Waals surface area contributed by atoms with E-state index in [9.17, 15) is 16.8 Å². The Morgan fingerprint density at radius 2 is 1.31 bits per heavy atom. The van der Waals surface area contributed by atoms with Gasteiger partial charge < -0.3 is 0 Å². The van der Waals surface area contributed by atoms with Gasteiger partial charge in [0.05, 0.1) is 4.90 Å². The summed E-state index contributed by atoms with van der Waals surface area (Å²) in [5.41, 5.74) is 3.90. The van der Waals surface area contributed by atoms with E-state index in [0.717, 1.165) is 22.6 Å². The van der Waals surface area contributed by atoms with Gasteiger partial charge in [0.1, 0.15) is 0 Å². The Morgan fingerprint density at radius 1 is 0.872 bits per heavy atom. The zero-order valence-electron chi connectivity index (χ0n) is 22.3. The van der Waals surface area contributed by atoms with E-state index in [4.69, 9.17) is 23.8 Å². The number of nitrogens with zero attached hydrogens (tertiary/aromatic N) is 3. The molecule has 0 saturated heterocycles. The summed E-state index contributed by atoms with van der Waals surface area (Å²) < 4.78 is 86.4. The lowest BCUT2D eigenvalue weighted by atomic mass is 9.85. The van der Waals surface area contributed by atoms with Crippen LogP contribution in [-0.4, -0.2) is 27.0 Å². The average molecular weight is 624 g/mol. The summed E-state index contributed by atoms with van der Waals surface area (Å²) in [5.74, 6) is 0. The normalized spacial score (nSPS) is 13.0. The summed E-state index contributed by atoms with van der Waals surface area (Å²) in [5, 5.41) is 11.8. The minimum Gasteiger partial charge on any atom is -0.253 e. The van der Waals surface area contributed by atoms with Crippen LogP contribution in [0.3, 0.4) is 0 Å². The van der Waals surface area contributed by atoms with Gasteiger partial charge >= 0.3 is 0 Å². The summed E-state index contributed by atoms with van der Waals surface area (Å²) in [6.07, 6.45) is 0. The molecule has 0 aliphatic rings. The van der Waals surface area contributed by atoms with Crippen molar-refractivity contribution < 1.29 is 50.3 Å². The van der Waals surface area contributed by atoms with E-state index >= 15 is 0 Å². The van der Waals surface area contributed by atoms with E-state index in [1.165, 1.54) is 12.1 Å². The first kappa shape index (κ1) is 32.9. The second-order valence-electron chi connectivity index (χ2n) is 10.5. The number of hydrogen-bond donors (Lipinski definition) is 2. The van der Waals surface area contributed by atoms with Crippen molar-refractivity contribution in [1.29, 1.82) is 0 Å². The van der Waals surface area contributed by atoms with Crippen LogP contribution < -0.4 is 33.1 Å². The molecule has 0 atom stereocenters. The van der Waals surface area contributed by atoms with Crippen molar-refractivity contribution in [1.82, 2.24) is 10.2 Å². The second kappa shape index (κ2) is 11.3. The van der Waals surface area contributed by atoms with Crippen LogP contribution in [0, 0.1) is 17.2 Å². The SMILES string of the molecule is Cc1cc(C(C)(C)C)[n+](-c2ccc(S(=O)(=O)Nc3nnc(S(N)(=O)=O)s3)cc2)c(C(C)(C)C)c1.[O-][Cl+3]([O-])([O-])[O-]. The van der Waals surface area contributed by atoms with Gasteiger partial charge in [0.2, 0.25) is 15.2 Å². The number of aryl methyl sites for hydroxylation is 1. The molecule has 0 radical (unpaired) electrons. The molecule has 216 valence electrons. The number of benzene rings is 1. The van der Waals surface area contributed by atoms with E-state index in [-0.39, 0.29) is 20.9 Å². The van der Waals surface area contributed by atoms with E-state index in [1.807, 2.05) is 0 Å². The van der Waals surface area contributed by atoms with E-state index in [1.54, 1.807) is 12.1 Å². The molecule has 3 aromatic rings. The first-order chi connectivity index (χ1) is 17.4. The van der Waals surface area contributed by atoms with Crippen LogP contribution in [0.25, 0.3) is 5.69 Å². The fraction of sp³-hybridized carbons (Fsp3) is 0.409. The lowest BCUT2D eigenvalue weighted by molar-refractivity contribution is -2.00. The number of anilines is 1. The first-order valence-corrected chi connectivity index (χ1v) is 16.2. The van der Waals surface area contributed by atoms with Crippen molar-refractivity contribution in [3.8, 4) is 5.69 Å². The topological polar surface area (TPSA) is 228 Å². The van der Waals surface area contributed by atoms with Gasteiger partial charge in [-0.05, 0) is 24.6 Å².